The van der Waals surface area contributed by atoms with Crippen LogP contribution in [0.4, 0.5) is 0 Å². The number of nitrogens with one attached hydrogen (secondary N) is 1. The number of carbonyl (C=O) groups excluding carboxylic acids is 3. The average Bonchev–Trinajstić information content (AvgIpc) is 3.44. The number of thioether (sulfide) groups is 1. The molecule has 0 aliphatic carbocycles. The number of carboxylic acid groups (broad SMARTS) is 1. The summed E-state index contributed by atoms with van der Waals surface area (Å²) in [6.07, 6.45) is -1.19. The van der Waals surface area contributed by atoms with Gasteiger partial charge in [0.1, 0.15) is 18.1 Å². The second-order valence-corrected chi connectivity index (χ2v) is 10.3. The Hall–Kier alpha value is -4.80. The summed E-state index contributed by atoms with van der Waals surface area (Å²) in [6.45, 7) is -0.288. The Labute approximate surface area is 248 Å². The number of fused-ring (bicyclic) bond motifs is 1. The van der Waals surface area contributed by atoms with Crippen molar-refractivity contribution in [3.05, 3.63) is 76.5 Å². The Kier molecular flexibility index (Phi) is 8.43. The molecule has 2 N–H and O–H groups in total. The Morgan fingerprint density at radius 1 is 1.16 bits per heavy atom. The van der Waals surface area contributed by atoms with Crippen LogP contribution in [0.5, 0.6) is 5.75 Å². The number of hydrogen-bond donors (Lipinski definition) is 2. The number of tetrazole rings is 1. The van der Waals surface area contributed by atoms with E-state index >= 15 is 0 Å². The highest BCUT2D eigenvalue weighted by molar-refractivity contribution is 7.99. The summed E-state index contributed by atoms with van der Waals surface area (Å²) in [7, 11) is 4.32. The number of aryl methyl sites for hydroxylation is 1. The molecule has 1 fully saturated rings. The standard InChI is InChI=1S/C27H26N6O9S/c1-32-26(29-30-31-32)43-14-17-13-42-25-27(40-3,28-21(34)18-6-4-5-7-19(18)39-2)24(38)33(25)20(17)23(37)41-12-15-8-10-16(11-9-15)22(35)36/h4-11,25H,12-14H2,1-3H3,(H,28,34)(H,35,36)/t25-,27+/m1/s1. The zero-order valence-electron chi connectivity index (χ0n) is 23.2. The van der Waals surface area contributed by atoms with Crippen molar-refractivity contribution in [3.63, 3.8) is 0 Å². The van der Waals surface area contributed by atoms with Crippen molar-refractivity contribution in [3.8, 4) is 5.75 Å². The van der Waals surface area contributed by atoms with Crippen LogP contribution in [0, 0.1) is 0 Å². The highest BCUT2D eigenvalue weighted by atomic mass is 32.2. The molecule has 0 unspecified atom stereocenters. The Morgan fingerprint density at radius 3 is 2.56 bits per heavy atom. The van der Waals surface area contributed by atoms with E-state index in [0.717, 1.165) is 4.90 Å². The molecule has 2 aliphatic rings. The molecule has 2 aliphatic heterocycles. The van der Waals surface area contributed by atoms with Crippen LogP contribution >= 0.6 is 11.8 Å². The minimum atomic E-state index is -1.93. The van der Waals surface area contributed by atoms with E-state index in [1.807, 2.05) is 0 Å². The van der Waals surface area contributed by atoms with Crippen molar-refractivity contribution in [2.24, 2.45) is 7.05 Å². The zero-order chi connectivity index (χ0) is 30.7. The second-order valence-electron chi connectivity index (χ2n) is 9.34. The van der Waals surface area contributed by atoms with Gasteiger partial charge in [0.25, 0.3) is 17.5 Å². The topological polar surface area (TPSA) is 184 Å². The van der Waals surface area contributed by atoms with Gasteiger partial charge in [-0.25, -0.2) is 14.3 Å². The van der Waals surface area contributed by atoms with Crippen LogP contribution in [-0.4, -0.2) is 92.5 Å². The minimum Gasteiger partial charge on any atom is -0.496 e. The predicted molar refractivity (Wildman–Crippen MR) is 147 cm³/mol. The van der Waals surface area contributed by atoms with Crippen LogP contribution in [0.25, 0.3) is 0 Å². The first-order chi connectivity index (χ1) is 20.7. The summed E-state index contributed by atoms with van der Waals surface area (Å²) in [6, 6.07) is 12.3. The number of esters is 1. The second kappa shape index (κ2) is 12.2. The smallest absolute Gasteiger partial charge is 0.355 e. The maximum Gasteiger partial charge on any atom is 0.355 e. The molecule has 1 aromatic heterocycles. The molecule has 0 radical (unpaired) electrons. The first-order valence-corrected chi connectivity index (χ1v) is 13.7. The first-order valence-electron chi connectivity index (χ1n) is 12.7. The lowest BCUT2D eigenvalue weighted by atomic mass is 9.94. The molecule has 0 saturated carbocycles. The molecule has 16 heteroatoms. The van der Waals surface area contributed by atoms with E-state index in [1.165, 1.54) is 61.0 Å². The summed E-state index contributed by atoms with van der Waals surface area (Å²) in [4.78, 5) is 52.7. The first kappa shape index (κ1) is 29.7. The van der Waals surface area contributed by atoms with Gasteiger partial charge in [-0.2, -0.15) is 0 Å². The van der Waals surface area contributed by atoms with Gasteiger partial charge < -0.3 is 29.4 Å². The number of rotatable bonds is 11. The third-order valence-electron chi connectivity index (χ3n) is 6.80. The van der Waals surface area contributed by atoms with Crippen molar-refractivity contribution in [2.75, 3.05) is 26.6 Å². The number of amides is 2. The number of aromatic nitrogens is 4. The maximum absolute atomic E-state index is 13.7. The molecule has 224 valence electrons. The Balaban J connectivity index is 1.41. The molecule has 3 aromatic rings. The largest absolute Gasteiger partial charge is 0.496 e. The molecule has 2 aromatic carbocycles. The number of nitrogens with zero attached hydrogens (tertiary/aromatic N) is 5. The minimum absolute atomic E-state index is 0.0646. The molecule has 3 heterocycles. The molecule has 2 atom stereocenters. The van der Waals surface area contributed by atoms with Gasteiger partial charge in [-0.1, -0.05) is 36.0 Å². The van der Waals surface area contributed by atoms with Gasteiger partial charge >= 0.3 is 11.9 Å². The van der Waals surface area contributed by atoms with E-state index in [4.69, 9.17) is 24.1 Å². The number of para-hydroxylation sites is 1. The summed E-state index contributed by atoms with van der Waals surface area (Å²) in [5.74, 6) is -2.84. The number of β-lactam (4-membered cyclic amide) rings is 1. The van der Waals surface area contributed by atoms with Gasteiger partial charge in [0.05, 0.1) is 24.8 Å². The number of hydrogen-bond acceptors (Lipinski definition) is 12. The van der Waals surface area contributed by atoms with Gasteiger partial charge in [0.15, 0.2) is 6.23 Å². The van der Waals surface area contributed by atoms with Gasteiger partial charge in [-0.3, -0.25) is 14.5 Å². The van der Waals surface area contributed by atoms with Crippen LogP contribution < -0.4 is 10.1 Å². The summed E-state index contributed by atoms with van der Waals surface area (Å²) in [5, 5.41) is 23.5. The SMILES string of the molecule is COc1ccccc1C(=O)N[C@]1(OC)C(=O)N2C(C(=O)OCc3ccc(C(=O)O)cc3)=C(CSc3nnnn3C)CO[C@@H]21. The number of carboxylic acids is 1. The van der Waals surface area contributed by atoms with E-state index in [0.29, 0.717) is 16.3 Å². The molecular formula is C27H26N6O9S. The number of aromatic carboxylic acids is 1. The van der Waals surface area contributed by atoms with Gasteiger partial charge in [0, 0.05) is 19.9 Å². The molecule has 1 saturated heterocycles. The molecule has 5 rings (SSSR count). The van der Waals surface area contributed by atoms with Crippen LogP contribution in [0.2, 0.25) is 0 Å². The highest BCUT2D eigenvalue weighted by Gasteiger charge is 2.67. The van der Waals surface area contributed by atoms with E-state index < -0.39 is 35.7 Å². The van der Waals surface area contributed by atoms with Gasteiger partial charge in [-0.05, 0) is 45.8 Å². The third kappa shape index (κ3) is 5.54. The molecule has 2 amide bonds. The Bertz CT molecular complexity index is 1610. The average molecular weight is 611 g/mol. The Morgan fingerprint density at radius 2 is 1.91 bits per heavy atom. The van der Waals surface area contributed by atoms with Crippen molar-refractivity contribution >= 4 is 35.5 Å². The third-order valence-corrected chi connectivity index (χ3v) is 7.90. The van der Waals surface area contributed by atoms with E-state index in [1.54, 1.807) is 25.2 Å². The van der Waals surface area contributed by atoms with E-state index in [2.05, 4.69) is 20.8 Å². The van der Waals surface area contributed by atoms with Crippen molar-refractivity contribution in [1.29, 1.82) is 0 Å². The lowest BCUT2D eigenvalue weighted by Crippen LogP contribution is -2.82. The molecule has 0 spiro atoms. The number of carbonyl (C=O) groups is 4. The quantitative estimate of drug-likeness (QED) is 0.136. The van der Waals surface area contributed by atoms with Gasteiger partial charge in [0.2, 0.25) is 5.16 Å². The normalized spacial score (nSPS) is 19.4. The molecular weight excluding hydrogens is 584 g/mol. The molecule has 15 nitrogen and oxygen atoms in total. The predicted octanol–water partition coefficient (Wildman–Crippen LogP) is 0.978. The van der Waals surface area contributed by atoms with Crippen LogP contribution in [0.15, 0.2) is 65.0 Å². The van der Waals surface area contributed by atoms with Crippen LogP contribution in [0.3, 0.4) is 0 Å². The lowest BCUT2D eigenvalue weighted by Gasteiger charge is -2.55. The van der Waals surface area contributed by atoms with E-state index in [9.17, 15) is 19.2 Å². The molecule has 0 bridgehead atoms. The van der Waals surface area contributed by atoms with Crippen molar-refractivity contribution in [1.82, 2.24) is 30.4 Å². The fourth-order valence-corrected chi connectivity index (χ4v) is 5.41. The summed E-state index contributed by atoms with van der Waals surface area (Å²) < 4.78 is 23.8. The number of methoxy groups -OCH3 is 2. The van der Waals surface area contributed by atoms with E-state index in [-0.39, 0.29) is 41.5 Å². The molecule has 43 heavy (non-hydrogen) atoms. The summed E-state index contributed by atoms with van der Waals surface area (Å²) in [5.41, 5.74) is -0.784. The zero-order valence-corrected chi connectivity index (χ0v) is 24.0. The highest BCUT2D eigenvalue weighted by Crippen LogP contribution is 2.42. The van der Waals surface area contributed by atoms with Crippen LogP contribution in [0.1, 0.15) is 26.3 Å². The summed E-state index contributed by atoms with van der Waals surface area (Å²) >= 11 is 1.22. The van der Waals surface area contributed by atoms with Gasteiger partial charge in [-0.15, -0.1) is 5.10 Å². The monoisotopic (exact) mass is 610 g/mol. The van der Waals surface area contributed by atoms with Crippen molar-refractivity contribution in [2.45, 2.75) is 23.7 Å². The van der Waals surface area contributed by atoms with Crippen molar-refractivity contribution < 1.29 is 43.2 Å². The lowest BCUT2D eigenvalue weighted by molar-refractivity contribution is -0.256. The number of ether oxygens (including phenoxy) is 4. The fraction of sp³-hybridized carbons (Fsp3) is 0.296. The number of benzene rings is 2. The maximum atomic E-state index is 13.7. The fourth-order valence-electron chi connectivity index (χ4n) is 4.57. The van der Waals surface area contributed by atoms with Crippen LogP contribution in [-0.2, 0) is 37.5 Å².